The number of hydrogen-bond donors (Lipinski definition) is 1. The molecule has 134 valence electrons. The van der Waals surface area contributed by atoms with Crippen LogP contribution in [0, 0.1) is 10.1 Å². The van der Waals surface area contributed by atoms with Crippen LogP contribution in [0.5, 0.6) is 0 Å². The maximum absolute atomic E-state index is 12.9. The van der Waals surface area contributed by atoms with E-state index in [4.69, 9.17) is 34.8 Å². The Morgan fingerprint density at radius 3 is 2.40 bits per heavy atom. The lowest BCUT2D eigenvalue weighted by atomic mass is 10.2. The molecule has 0 saturated carbocycles. The minimum absolute atomic E-state index is 0.305. The first-order valence-electron chi connectivity index (χ1n) is 6.20. The van der Waals surface area contributed by atoms with E-state index in [1.807, 2.05) is 0 Å². The van der Waals surface area contributed by atoms with Crippen LogP contribution in [0.3, 0.4) is 0 Å². The van der Waals surface area contributed by atoms with Gasteiger partial charge in [0.2, 0.25) is 11.7 Å². The molecule has 2 aromatic rings. The number of nitrogens with one attached hydrogen (secondary N) is 1. The van der Waals surface area contributed by atoms with Gasteiger partial charge in [0.15, 0.2) is 0 Å². The number of aromatic nitrogens is 2. The van der Waals surface area contributed by atoms with Gasteiger partial charge in [0.1, 0.15) is 11.9 Å². The van der Waals surface area contributed by atoms with Crippen LogP contribution < -0.4 is 5.32 Å². The number of benzene rings is 1. The molecule has 0 saturated heterocycles. The van der Waals surface area contributed by atoms with Crippen molar-refractivity contribution in [1.29, 1.82) is 0 Å². The summed E-state index contributed by atoms with van der Waals surface area (Å²) in [5.74, 6) is -1.07. The maximum Gasteiger partial charge on any atom is 0.417 e. The number of alkyl halides is 3. The minimum Gasteiger partial charge on any atom is -0.304 e. The van der Waals surface area contributed by atoms with Gasteiger partial charge >= 0.3 is 11.9 Å². The van der Waals surface area contributed by atoms with Crippen LogP contribution in [0.2, 0.25) is 15.1 Å². The predicted octanol–water partition coefficient (Wildman–Crippen LogP) is 4.72. The third-order valence-electron chi connectivity index (χ3n) is 2.85. The van der Waals surface area contributed by atoms with Crippen molar-refractivity contribution < 1.29 is 22.9 Å². The van der Waals surface area contributed by atoms with Crippen molar-refractivity contribution in [3.8, 4) is 5.69 Å². The highest BCUT2D eigenvalue weighted by Gasteiger charge is 2.36. The third kappa shape index (κ3) is 3.80. The van der Waals surface area contributed by atoms with Gasteiger partial charge in [0.05, 0.1) is 25.6 Å². The van der Waals surface area contributed by atoms with Gasteiger partial charge in [-0.05, 0) is 6.07 Å². The van der Waals surface area contributed by atoms with Gasteiger partial charge in [-0.3, -0.25) is 14.9 Å². The van der Waals surface area contributed by atoms with Gasteiger partial charge in [0.25, 0.3) is 0 Å². The van der Waals surface area contributed by atoms with Crippen LogP contribution in [-0.4, -0.2) is 20.6 Å². The second-order valence-corrected chi connectivity index (χ2v) is 5.79. The Hall–Kier alpha value is -2.04. The molecule has 0 fully saturated rings. The number of nitrogens with zero attached hydrogens (tertiary/aromatic N) is 3. The predicted molar refractivity (Wildman–Crippen MR) is 84.6 cm³/mol. The molecule has 0 unspecified atom stereocenters. The zero-order chi connectivity index (χ0) is 19.1. The molecule has 7 nitrogen and oxygen atoms in total. The van der Waals surface area contributed by atoms with Crippen molar-refractivity contribution in [2.75, 3.05) is 5.32 Å². The van der Waals surface area contributed by atoms with Gasteiger partial charge in [-0.15, -0.1) is 5.10 Å². The molecule has 1 heterocycles. The molecule has 1 aromatic heterocycles. The molecular formula is C12H6Cl3F3N4O3. The summed E-state index contributed by atoms with van der Waals surface area (Å²) in [4.78, 5) is 21.3. The van der Waals surface area contributed by atoms with Crippen LogP contribution in [0.15, 0.2) is 12.3 Å². The molecule has 1 aromatic carbocycles. The lowest BCUT2D eigenvalue weighted by Crippen LogP contribution is -2.10. The summed E-state index contributed by atoms with van der Waals surface area (Å²) in [5, 5.41) is 14.9. The summed E-state index contributed by atoms with van der Waals surface area (Å²) >= 11 is 17.3. The van der Waals surface area contributed by atoms with E-state index in [0.717, 1.165) is 17.8 Å². The molecule has 1 amide bonds. The molecule has 0 aliphatic carbocycles. The van der Waals surface area contributed by atoms with E-state index in [9.17, 15) is 28.1 Å². The lowest BCUT2D eigenvalue weighted by Gasteiger charge is -2.14. The number of carbonyl (C=O) groups excluding carboxylic acids is 1. The van der Waals surface area contributed by atoms with Crippen molar-refractivity contribution in [1.82, 2.24) is 9.78 Å². The molecule has 0 aliphatic rings. The van der Waals surface area contributed by atoms with E-state index in [-0.39, 0.29) is 5.69 Å². The SMILES string of the molecule is CC(=O)Nc1nn(-c2c(Cl)cc(C(F)(F)F)c(Cl)c2Cl)cc1[N+](=O)[O-]. The monoisotopic (exact) mass is 416 g/mol. The van der Waals surface area contributed by atoms with E-state index in [0.29, 0.717) is 6.07 Å². The van der Waals surface area contributed by atoms with Crippen LogP contribution in [0.25, 0.3) is 5.69 Å². The average molecular weight is 418 g/mol. The van der Waals surface area contributed by atoms with Crippen molar-refractivity contribution in [3.05, 3.63) is 43.0 Å². The van der Waals surface area contributed by atoms with Crippen LogP contribution in [0.1, 0.15) is 12.5 Å². The summed E-state index contributed by atoms with van der Waals surface area (Å²) in [6.07, 6.45) is -3.97. The zero-order valence-corrected chi connectivity index (χ0v) is 14.3. The number of carbonyl (C=O) groups is 1. The van der Waals surface area contributed by atoms with E-state index < -0.39 is 49.1 Å². The van der Waals surface area contributed by atoms with E-state index >= 15 is 0 Å². The standard InChI is InChI=1S/C12H6Cl3F3N4O3/c1-4(23)19-11-7(22(24)25)3-21(20-11)10-6(13)2-5(12(16,17)18)8(14)9(10)15/h2-3H,1H3,(H,19,20,23). The fourth-order valence-electron chi connectivity index (χ4n) is 1.87. The van der Waals surface area contributed by atoms with Crippen LogP contribution in [-0.2, 0) is 11.0 Å². The maximum atomic E-state index is 12.9. The fraction of sp³-hybridized carbons (Fsp3) is 0.167. The Bertz CT molecular complexity index is 883. The van der Waals surface area contributed by atoms with Gasteiger partial charge in [-0.2, -0.15) is 13.2 Å². The van der Waals surface area contributed by atoms with Gasteiger partial charge in [-0.1, -0.05) is 34.8 Å². The Balaban J connectivity index is 2.69. The highest BCUT2D eigenvalue weighted by molar-refractivity contribution is 6.45. The van der Waals surface area contributed by atoms with Crippen molar-refractivity contribution in [3.63, 3.8) is 0 Å². The molecule has 2 rings (SSSR count). The third-order valence-corrected chi connectivity index (χ3v) is 4.00. The molecule has 0 atom stereocenters. The highest BCUT2D eigenvalue weighted by Crippen LogP contribution is 2.44. The first-order valence-corrected chi connectivity index (χ1v) is 7.33. The Labute approximate surface area is 152 Å². The van der Waals surface area contributed by atoms with Gasteiger partial charge < -0.3 is 5.32 Å². The zero-order valence-electron chi connectivity index (χ0n) is 12.0. The molecular weight excluding hydrogens is 412 g/mol. The number of halogens is 6. The summed E-state index contributed by atoms with van der Waals surface area (Å²) < 4.78 is 39.5. The fourth-order valence-corrected chi connectivity index (χ4v) is 2.75. The Kier molecular flexibility index (Phi) is 5.17. The molecule has 25 heavy (non-hydrogen) atoms. The van der Waals surface area contributed by atoms with E-state index in [1.54, 1.807) is 0 Å². The molecule has 1 N–H and O–H groups in total. The largest absolute Gasteiger partial charge is 0.417 e. The highest BCUT2D eigenvalue weighted by atomic mass is 35.5. The van der Waals surface area contributed by atoms with Crippen molar-refractivity contribution in [2.24, 2.45) is 0 Å². The van der Waals surface area contributed by atoms with Crippen molar-refractivity contribution >= 4 is 52.2 Å². The van der Waals surface area contributed by atoms with Crippen molar-refractivity contribution in [2.45, 2.75) is 13.1 Å². The first kappa shape index (κ1) is 19.3. The minimum atomic E-state index is -4.81. The summed E-state index contributed by atoms with van der Waals surface area (Å²) in [5.41, 5.74) is -2.18. The van der Waals surface area contributed by atoms with Gasteiger partial charge in [0, 0.05) is 6.92 Å². The number of hydrogen-bond acceptors (Lipinski definition) is 4. The number of rotatable bonds is 3. The number of amides is 1. The second kappa shape index (κ2) is 6.70. The normalized spacial score (nSPS) is 11.5. The summed E-state index contributed by atoms with van der Waals surface area (Å²) in [6.45, 7) is 1.09. The second-order valence-electron chi connectivity index (χ2n) is 4.63. The molecule has 0 bridgehead atoms. The average Bonchev–Trinajstić information content (AvgIpc) is 2.84. The smallest absolute Gasteiger partial charge is 0.304 e. The topological polar surface area (TPSA) is 90.1 Å². The summed E-state index contributed by atoms with van der Waals surface area (Å²) in [7, 11) is 0. The first-order chi connectivity index (χ1) is 11.4. The lowest BCUT2D eigenvalue weighted by molar-refractivity contribution is -0.384. The van der Waals surface area contributed by atoms with Crippen LogP contribution >= 0.6 is 34.8 Å². The molecule has 13 heteroatoms. The summed E-state index contributed by atoms with van der Waals surface area (Å²) in [6, 6.07) is 0.524. The van der Waals surface area contributed by atoms with E-state index in [2.05, 4.69) is 10.4 Å². The van der Waals surface area contributed by atoms with Gasteiger partial charge in [-0.25, -0.2) is 4.68 Å². The number of anilines is 1. The number of nitro groups is 1. The molecule has 0 spiro atoms. The quantitative estimate of drug-likeness (QED) is 0.444. The van der Waals surface area contributed by atoms with E-state index in [1.165, 1.54) is 0 Å². The molecule has 0 radical (unpaired) electrons. The molecule has 0 aliphatic heterocycles. The Morgan fingerprint density at radius 2 is 1.92 bits per heavy atom. The van der Waals surface area contributed by atoms with Crippen LogP contribution in [0.4, 0.5) is 24.7 Å². The Morgan fingerprint density at radius 1 is 1.32 bits per heavy atom.